The molecule has 186 valence electrons. The fourth-order valence-electron chi connectivity index (χ4n) is 4.65. The first-order chi connectivity index (χ1) is 17.6. The number of amides is 1. The first kappa shape index (κ1) is 24.3. The van der Waals surface area contributed by atoms with Crippen LogP contribution in [0, 0.1) is 6.92 Å². The van der Waals surface area contributed by atoms with E-state index in [-0.39, 0.29) is 5.91 Å². The van der Waals surface area contributed by atoms with Gasteiger partial charge in [-0.1, -0.05) is 43.3 Å². The van der Waals surface area contributed by atoms with Crippen molar-refractivity contribution in [2.24, 2.45) is 0 Å². The molecule has 2 aromatic heterocycles. The molecule has 0 spiro atoms. The average molecular weight is 501 g/mol. The standard InChI is InChI=1S/C28H32N6OS/c1-3-11-24-29-27(26-21(2)31-34(28(26)30-24)22-12-6-4-7-13-22)33-17-10-16-32(18-19-33)25(35)20-36-23-14-8-5-9-15-23/h4-9,12-15H,3,10-11,16-20H2,1-2H3. The Morgan fingerprint density at radius 1 is 0.944 bits per heavy atom. The summed E-state index contributed by atoms with van der Waals surface area (Å²) in [5, 5.41) is 5.85. The van der Waals surface area contributed by atoms with Crippen LogP contribution in [0.2, 0.25) is 0 Å². The van der Waals surface area contributed by atoms with Crippen LogP contribution < -0.4 is 4.90 Å². The molecule has 0 N–H and O–H groups in total. The van der Waals surface area contributed by atoms with Crippen molar-refractivity contribution in [3.05, 3.63) is 72.2 Å². The van der Waals surface area contributed by atoms with Gasteiger partial charge in [-0.2, -0.15) is 5.10 Å². The van der Waals surface area contributed by atoms with Crippen LogP contribution in [0.25, 0.3) is 16.7 Å². The highest BCUT2D eigenvalue weighted by Crippen LogP contribution is 2.30. The molecule has 5 rings (SSSR count). The van der Waals surface area contributed by atoms with Crippen LogP contribution in [0.4, 0.5) is 5.82 Å². The van der Waals surface area contributed by atoms with Crippen molar-refractivity contribution in [1.82, 2.24) is 24.6 Å². The Morgan fingerprint density at radius 3 is 2.44 bits per heavy atom. The second-order valence-corrected chi connectivity index (χ2v) is 10.1. The predicted molar refractivity (Wildman–Crippen MR) is 146 cm³/mol. The van der Waals surface area contributed by atoms with Crippen molar-refractivity contribution in [1.29, 1.82) is 0 Å². The lowest BCUT2D eigenvalue weighted by molar-refractivity contribution is -0.128. The number of benzene rings is 2. The van der Waals surface area contributed by atoms with Crippen LogP contribution in [-0.4, -0.2) is 62.5 Å². The zero-order valence-electron chi connectivity index (χ0n) is 20.9. The summed E-state index contributed by atoms with van der Waals surface area (Å²) in [6.45, 7) is 7.23. The van der Waals surface area contributed by atoms with E-state index in [1.54, 1.807) is 11.8 Å². The summed E-state index contributed by atoms with van der Waals surface area (Å²) in [6, 6.07) is 20.3. The van der Waals surface area contributed by atoms with E-state index in [1.165, 1.54) is 0 Å². The molecule has 1 saturated heterocycles. The van der Waals surface area contributed by atoms with Crippen LogP contribution in [-0.2, 0) is 11.2 Å². The molecule has 0 unspecified atom stereocenters. The van der Waals surface area contributed by atoms with E-state index in [9.17, 15) is 4.79 Å². The Labute approximate surface area is 216 Å². The Kier molecular flexibility index (Phi) is 7.51. The van der Waals surface area contributed by atoms with Gasteiger partial charge in [0.1, 0.15) is 11.6 Å². The van der Waals surface area contributed by atoms with Crippen LogP contribution in [0.1, 0.15) is 31.3 Å². The van der Waals surface area contributed by atoms with Crippen LogP contribution >= 0.6 is 11.8 Å². The summed E-state index contributed by atoms with van der Waals surface area (Å²) in [5.74, 6) is 2.44. The number of thioether (sulfide) groups is 1. The third kappa shape index (κ3) is 5.23. The number of fused-ring (bicyclic) bond motifs is 1. The number of aromatic nitrogens is 4. The molecular formula is C28H32N6OS. The van der Waals surface area contributed by atoms with E-state index in [2.05, 4.69) is 24.0 Å². The van der Waals surface area contributed by atoms with Gasteiger partial charge in [0.05, 0.1) is 22.5 Å². The molecule has 0 aliphatic carbocycles. The number of carbonyl (C=O) groups is 1. The summed E-state index contributed by atoms with van der Waals surface area (Å²) >= 11 is 1.60. The first-order valence-corrected chi connectivity index (χ1v) is 13.6. The van der Waals surface area contributed by atoms with Gasteiger partial charge in [0, 0.05) is 37.5 Å². The molecule has 36 heavy (non-hydrogen) atoms. The van der Waals surface area contributed by atoms with Gasteiger partial charge in [0.15, 0.2) is 5.65 Å². The molecule has 1 fully saturated rings. The number of anilines is 1. The largest absolute Gasteiger partial charge is 0.354 e. The first-order valence-electron chi connectivity index (χ1n) is 12.7. The minimum Gasteiger partial charge on any atom is -0.354 e. The topological polar surface area (TPSA) is 67.2 Å². The molecule has 0 atom stereocenters. The molecule has 1 aliphatic rings. The SMILES string of the molecule is CCCc1nc(N2CCCN(C(=O)CSc3ccccc3)CC2)c2c(C)nn(-c3ccccc3)c2n1. The lowest BCUT2D eigenvalue weighted by Gasteiger charge is -2.24. The fraction of sp³-hybridized carbons (Fsp3) is 0.357. The predicted octanol–water partition coefficient (Wildman–Crippen LogP) is 4.91. The van der Waals surface area contributed by atoms with Crippen molar-refractivity contribution < 1.29 is 4.79 Å². The van der Waals surface area contributed by atoms with Crippen molar-refractivity contribution in [2.75, 3.05) is 36.8 Å². The maximum Gasteiger partial charge on any atom is 0.232 e. The summed E-state index contributed by atoms with van der Waals surface area (Å²) < 4.78 is 1.93. The van der Waals surface area contributed by atoms with Crippen molar-refractivity contribution >= 4 is 34.5 Å². The van der Waals surface area contributed by atoms with Crippen molar-refractivity contribution in [3.63, 3.8) is 0 Å². The average Bonchev–Trinajstić information content (AvgIpc) is 3.07. The highest BCUT2D eigenvalue weighted by Gasteiger charge is 2.25. The molecule has 7 nitrogen and oxygen atoms in total. The molecule has 3 heterocycles. The monoisotopic (exact) mass is 500 g/mol. The number of nitrogens with zero attached hydrogens (tertiary/aromatic N) is 6. The normalized spacial score (nSPS) is 14.3. The van der Waals surface area contributed by atoms with E-state index < -0.39 is 0 Å². The van der Waals surface area contributed by atoms with E-state index in [0.717, 1.165) is 77.8 Å². The Morgan fingerprint density at radius 2 is 1.69 bits per heavy atom. The van der Waals surface area contributed by atoms with Crippen LogP contribution in [0.15, 0.2) is 65.6 Å². The lowest BCUT2D eigenvalue weighted by Crippen LogP contribution is -2.36. The molecule has 4 aromatic rings. The molecule has 0 bridgehead atoms. The number of aryl methyl sites for hydroxylation is 2. The molecule has 0 radical (unpaired) electrons. The lowest BCUT2D eigenvalue weighted by atomic mass is 10.2. The highest BCUT2D eigenvalue weighted by atomic mass is 32.2. The molecule has 8 heteroatoms. The van der Waals surface area contributed by atoms with Crippen molar-refractivity contribution in [3.8, 4) is 5.69 Å². The zero-order chi connectivity index (χ0) is 24.9. The van der Waals surface area contributed by atoms with Crippen molar-refractivity contribution in [2.45, 2.75) is 38.0 Å². The highest BCUT2D eigenvalue weighted by molar-refractivity contribution is 8.00. The van der Waals surface area contributed by atoms with Gasteiger partial charge in [0.2, 0.25) is 5.91 Å². The Bertz CT molecular complexity index is 1320. The summed E-state index contributed by atoms with van der Waals surface area (Å²) in [4.78, 5) is 28.4. The minimum absolute atomic E-state index is 0.193. The number of carbonyl (C=O) groups excluding carboxylic acids is 1. The summed E-state index contributed by atoms with van der Waals surface area (Å²) in [5.41, 5.74) is 2.76. The minimum atomic E-state index is 0.193. The molecule has 2 aromatic carbocycles. The van der Waals surface area contributed by atoms with Crippen LogP contribution in [0.5, 0.6) is 0 Å². The summed E-state index contributed by atoms with van der Waals surface area (Å²) in [6.07, 6.45) is 2.70. The quantitative estimate of drug-likeness (QED) is 0.336. The maximum absolute atomic E-state index is 13.0. The van der Waals surface area contributed by atoms with E-state index in [4.69, 9.17) is 15.1 Å². The molecule has 1 amide bonds. The van der Waals surface area contributed by atoms with E-state index in [1.807, 2.05) is 65.0 Å². The number of rotatable bonds is 7. The second-order valence-electron chi connectivity index (χ2n) is 9.07. The molecule has 0 saturated carbocycles. The third-order valence-electron chi connectivity index (χ3n) is 6.46. The summed E-state index contributed by atoms with van der Waals surface area (Å²) in [7, 11) is 0. The number of para-hydroxylation sites is 1. The fourth-order valence-corrected chi connectivity index (χ4v) is 5.47. The Hall–Kier alpha value is -3.39. The van der Waals surface area contributed by atoms with Gasteiger partial charge in [-0.25, -0.2) is 14.6 Å². The smallest absolute Gasteiger partial charge is 0.232 e. The van der Waals surface area contributed by atoms with Gasteiger partial charge >= 0.3 is 0 Å². The molecular weight excluding hydrogens is 468 g/mol. The third-order valence-corrected chi connectivity index (χ3v) is 7.45. The maximum atomic E-state index is 13.0. The Balaban J connectivity index is 1.40. The van der Waals surface area contributed by atoms with Gasteiger partial charge < -0.3 is 9.80 Å². The number of hydrogen-bond acceptors (Lipinski definition) is 6. The van der Waals surface area contributed by atoms with Crippen LogP contribution in [0.3, 0.4) is 0 Å². The van der Waals surface area contributed by atoms with E-state index >= 15 is 0 Å². The second kappa shape index (κ2) is 11.1. The van der Waals surface area contributed by atoms with E-state index in [0.29, 0.717) is 12.3 Å². The van der Waals surface area contributed by atoms with Gasteiger partial charge in [0.25, 0.3) is 0 Å². The number of hydrogen-bond donors (Lipinski definition) is 0. The van der Waals surface area contributed by atoms with Gasteiger partial charge in [-0.05, 0) is 44.0 Å². The van der Waals surface area contributed by atoms with Gasteiger partial charge in [-0.3, -0.25) is 4.79 Å². The zero-order valence-corrected chi connectivity index (χ0v) is 21.7. The van der Waals surface area contributed by atoms with Gasteiger partial charge in [-0.15, -0.1) is 11.8 Å². The molecule has 1 aliphatic heterocycles.